The SMILES string of the molecule is CN(CCN1CCOCC1)CC1CCNC1. The van der Waals surface area contributed by atoms with Crippen LogP contribution < -0.4 is 5.32 Å². The lowest BCUT2D eigenvalue weighted by atomic mass is 10.1. The van der Waals surface area contributed by atoms with E-state index in [0.717, 1.165) is 32.2 Å². The maximum Gasteiger partial charge on any atom is 0.0594 e. The average molecular weight is 227 g/mol. The van der Waals surface area contributed by atoms with Gasteiger partial charge in [0.05, 0.1) is 13.2 Å². The number of hydrogen-bond donors (Lipinski definition) is 1. The molecule has 4 heteroatoms. The average Bonchev–Trinajstić information content (AvgIpc) is 2.81. The largest absolute Gasteiger partial charge is 0.379 e. The molecule has 0 spiro atoms. The molecular formula is C12H25N3O. The third kappa shape index (κ3) is 4.01. The molecule has 0 radical (unpaired) electrons. The van der Waals surface area contributed by atoms with Crippen LogP contribution in [-0.4, -0.2) is 75.9 Å². The lowest BCUT2D eigenvalue weighted by Gasteiger charge is -2.29. The fraction of sp³-hybridized carbons (Fsp3) is 1.00. The number of nitrogens with zero attached hydrogens (tertiary/aromatic N) is 2. The monoisotopic (exact) mass is 227 g/mol. The molecule has 0 aromatic heterocycles. The van der Waals surface area contributed by atoms with Crippen LogP contribution in [0.25, 0.3) is 0 Å². The van der Waals surface area contributed by atoms with Crippen LogP contribution in [-0.2, 0) is 4.74 Å². The minimum Gasteiger partial charge on any atom is -0.379 e. The predicted octanol–water partition coefficient (Wildman–Crippen LogP) is -0.140. The van der Waals surface area contributed by atoms with Crippen LogP contribution in [0.3, 0.4) is 0 Å². The van der Waals surface area contributed by atoms with Crippen molar-refractivity contribution in [2.45, 2.75) is 6.42 Å². The van der Waals surface area contributed by atoms with E-state index >= 15 is 0 Å². The molecule has 1 unspecified atom stereocenters. The fourth-order valence-electron chi connectivity index (χ4n) is 2.54. The molecule has 0 aromatic rings. The standard InChI is InChI=1S/C12H25N3O/c1-14(11-12-2-3-13-10-12)4-5-15-6-8-16-9-7-15/h12-13H,2-11H2,1H3. The summed E-state index contributed by atoms with van der Waals surface area (Å²) in [5.74, 6) is 0.870. The summed E-state index contributed by atoms with van der Waals surface area (Å²) in [6.07, 6.45) is 1.35. The minimum absolute atomic E-state index is 0.870. The van der Waals surface area contributed by atoms with Crippen LogP contribution in [0.15, 0.2) is 0 Å². The molecule has 4 nitrogen and oxygen atoms in total. The molecule has 2 rings (SSSR count). The van der Waals surface area contributed by atoms with Crippen molar-refractivity contribution < 1.29 is 4.74 Å². The van der Waals surface area contributed by atoms with Gasteiger partial charge in [-0.1, -0.05) is 0 Å². The number of likely N-dealkylation sites (N-methyl/N-ethyl adjacent to an activating group) is 1. The quantitative estimate of drug-likeness (QED) is 0.707. The number of rotatable bonds is 5. The Bertz CT molecular complexity index is 189. The second-order valence-corrected chi connectivity index (χ2v) is 5.08. The van der Waals surface area contributed by atoms with Gasteiger partial charge in [0.15, 0.2) is 0 Å². The Kier molecular flexibility index (Phi) is 5.03. The van der Waals surface area contributed by atoms with Crippen molar-refractivity contribution in [3.05, 3.63) is 0 Å². The van der Waals surface area contributed by atoms with E-state index in [0.29, 0.717) is 0 Å². The van der Waals surface area contributed by atoms with E-state index in [1.807, 2.05) is 0 Å². The molecule has 1 atom stereocenters. The Morgan fingerprint density at radius 3 is 2.88 bits per heavy atom. The van der Waals surface area contributed by atoms with E-state index in [-0.39, 0.29) is 0 Å². The van der Waals surface area contributed by atoms with Crippen LogP contribution >= 0.6 is 0 Å². The van der Waals surface area contributed by atoms with Gasteiger partial charge in [-0.2, -0.15) is 0 Å². The third-order valence-corrected chi connectivity index (χ3v) is 3.63. The summed E-state index contributed by atoms with van der Waals surface area (Å²) < 4.78 is 5.35. The molecule has 2 aliphatic heterocycles. The van der Waals surface area contributed by atoms with Gasteiger partial charge >= 0.3 is 0 Å². The van der Waals surface area contributed by atoms with Crippen molar-refractivity contribution in [3.63, 3.8) is 0 Å². The Labute approximate surface area is 98.9 Å². The first kappa shape index (κ1) is 12.3. The lowest BCUT2D eigenvalue weighted by molar-refractivity contribution is 0.0340. The van der Waals surface area contributed by atoms with Crippen LogP contribution in [0.2, 0.25) is 0 Å². The van der Waals surface area contributed by atoms with Crippen molar-refractivity contribution in [1.82, 2.24) is 15.1 Å². The molecule has 2 saturated heterocycles. The zero-order chi connectivity index (χ0) is 11.2. The molecule has 0 amide bonds. The molecule has 16 heavy (non-hydrogen) atoms. The van der Waals surface area contributed by atoms with Crippen molar-refractivity contribution >= 4 is 0 Å². The highest BCUT2D eigenvalue weighted by Crippen LogP contribution is 2.08. The first-order valence-corrected chi connectivity index (χ1v) is 6.54. The lowest BCUT2D eigenvalue weighted by Crippen LogP contribution is -2.41. The summed E-state index contributed by atoms with van der Waals surface area (Å²) in [6.45, 7) is 10.1. The van der Waals surface area contributed by atoms with E-state index in [2.05, 4.69) is 22.2 Å². The molecule has 2 aliphatic rings. The molecule has 1 N–H and O–H groups in total. The summed E-state index contributed by atoms with van der Waals surface area (Å²) in [5, 5.41) is 3.43. The summed E-state index contributed by atoms with van der Waals surface area (Å²) in [5.41, 5.74) is 0. The van der Waals surface area contributed by atoms with Gasteiger partial charge in [0.25, 0.3) is 0 Å². The van der Waals surface area contributed by atoms with E-state index in [1.54, 1.807) is 0 Å². The van der Waals surface area contributed by atoms with Crippen LogP contribution in [0.5, 0.6) is 0 Å². The Morgan fingerprint density at radius 2 is 2.19 bits per heavy atom. The maximum absolute atomic E-state index is 5.35. The van der Waals surface area contributed by atoms with Gasteiger partial charge in [-0.25, -0.2) is 0 Å². The van der Waals surface area contributed by atoms with Crippen molar-refractivity contribution in [2.75, 3.05) is 66.1 Å². The van der Waals surface area contributed by atoms with E-state index in [1.165, 1.54) is 39.1 Å². The minimum atomic E-state index is 0.870. The number of nitrogens with one attached hydrogen (secondary N) is 1. The molecule has 0 aliphatic carbocycles. The van der Waals surface area contributed by atoms with Crippen molar-refractivity contribution in [3.8, 4) is 0 Å². The smallest absolute Gasteiger partial charge is 0.0594 e. The Morgan fingerprint density at radius 1 is 1.38 bits per heavy atom. The first-order chi connectivity index (χ1) is 7.84. The summed E-state index contributed by atoms with van der Waals surface area (Å²) >= 11 is 0. The summed E-state index contributed by atoms with van der Waals surface area (Å²) in [6, 6.07) is 0. The van der Waals surface area contributed by atoms with Gasteiger partial charge in [-0.05, 0) is 32.5 Å². The third-order valence-electron chi connectivity index (χ3n) is 3.63. The summed E-state index contributed by atoms with van der Waals surface area (Å²) in [4.78, 5) is 4.99. The molecule has 0 saturated carbocycles. The highest BCUT2D eigenvalue weighted by atomic mass is 16.5. The predicted molar refractivity (Wildman–Crippen MR) is 65.7 cm³/mol. The number of ether oxygens (including phenoxy) is 1. The molecule has 0 bridgehead atoms. The number of hydrogen-bond acceptors (Lipinski definition) is 4. The summed E-state index contributed by atoms with van der Waals surface area (Å²) in [7, 11) is 2.25. The van der Waals surface area contributed by atoms with Crippen LogP contribution in [0.4, 0.5) is 0 Å². The van der Waals surface area contributed by atoms with E-state index in [4.69, 9.17) is 4.74 Å². The zero-order valence-corrected chi connectivity index (χ0v) is 10.5. The van der Waals surface area contributed by atoms with Gasteiger partial charge in [-0.15, -0.1) is 0 Å². The fourth-order valence-corrected chi connectivity index (χ4v) is 2.54. The topological polar surface area (TPSA) is 27.7 Å². The molecule has 2 heterocycles. The normalized spacial score (nSPS) is 27.8. The van der Waals surface area contributed by atoms with Crippen molar-refractivity contribution in [1.29, 1.82) is 0 Å². The van der Waals surface area contributed by atoms with Gasteiger partial charge in [0.2, 0.25) is 0 Å². The maximum atomic E-state index is 5.35. The zero-order valence-electron chi connectivity index (χ0n) is 10.5. The Balaban J connectivity index is 1.57. The van der Waals surface area contributed by atoms with Crippen LogP contribution in [0.1, 0.15) is 6.42 Å². The van der Waals surface area contributed by atoms with Gasteiger partial charge in [-0.3, -0.25) is 4.90 Å². The van der Waals surface area contributed by atoms with Gasteiger partial charge in [0, 0.05) is 32.7 Å². The highest BCUT2D eigenvalue weighted by molar-refractivity contribution is 4.74. The number of morpholine rings is 1. The van der Waals surface area contributed by atoms with Gasteiger partial charge < -0.3 is 15.0 Å². The first-order valence-electron chi connectivity index (χ1n) is 6.54. The highest BCUT2D eigenvalue weighted by Gasteiger charge is 2.17. The van der Waals surface area contributed by atoms with Crippen LogP contribution in [0, 0.1) is 5.92 Å². The van der Waals surface area contributed by atoms with E-state index < -0.39 is 0 Å². The van der Waals surface area contributed by atoms with E-state index in [9.17, 15) is 0 Å². The molecule has 94 valence electrons. The van der Waals surface area contributed by atoms with Gasteiger partial charge in [0.1, 0.15) is 0 Å². The Hall–Kier alpha value is -0.160. The second kappa shape index (κ2) is 6.55. The molecule has 0 aromatic carbocycles. The van der Waals surface area contributed by atoms with Crippen molar-refractivity contribution in [2.24, 2.45) is 5.92 Å². The molecule has 2 fully saturated rings. The second-order valence-electron chi connectivity index (χ2n) is 5.08. The molecular weight excluding hydrogens is 202 g/mol.